The van der Waals surface area contributed by atoms with E-state index in [0.717, 1.165) is 41.2 Å². The molecule has 134 valence electrons. The third-order valence-electron chi connectivity index (χ3n) is 5.27. The normalized spacial score (nSPS) is 18.3. The Bertz CT molecular complexity index is 983. The summed E-state index contributed by atoms with van der Waals surface area (Å²) >= 11 is 0. The van der Waals surface area contributed by atoms with Crippen molar-refractivity contribution in [3.05, 3.63) is 71.6 Å². The number of hydrogen-bond acceptors (Lipinski definition) is 7. The number of aromatic nitrogens is 6. The predicted molar refractivity (Wildman–Crippen MR) is 97.2 cm³/mol. The molecule has 1 saturated carbocycles. The average molecular weight is 359 g/mol. The second-order valence-electron chi connectivity index (χ2n) is 6.89. The van der Waals surface area contributed by atoms with Crippen molar-refractivity contribution < 1.29 is 5.21 Å². The van der Waals surface area contributed by atoms with Crippen LogP contribution in [0.1, 0.15) is 41.2 Å². The van der Waals surface area contributed by atoms with Crippen molar-refractivity contribution in [3.8, 4) is 0 Å². The molecule has 8 heteroatoms. The van der Waals surface area contributed by atoms with Gasteiger partial charge in [-0.1, -0.05) is 17.3 Å². The lowest BCUT2D eigenvalue weighted by Crippen LogP contribution is -2.32. The molecule has 2 aliphatic rings. The molecule has 27 heavy (non-hydrogen) atoms. The van der Waals surface area contributed by atoms with Crippen LogP contribution in [-0.2, 0) is 11.8 Å². The topological polar surface area (TPSA) is 113 Å². The van der Waals surface area contributed by atoms with Crippen LogP contribution in [0.2, 0.25) is 0 Å². The summed E-state index contributed by atoms with van der Waals surface area (Å²) in [6.45, 7) is 0. The second kappa shape index (κ2) is 6.08. The van der Waals surface area contributed by atoms with E-state index in [9.17, 15) is 5.21 Å². The quantitative estimate of drug-likeness (QED) is 0.419. The number of nitrogens with zero attached hydrogens (tertiary/aromatic N) is 6. The minimum atomic E-state index is -0.543. The van der Waals surface area contributed by atoms with E-state index >= 15 is 0 Å². The maximum absolute atomic E-state index is 9.44. The Kier molecular flexibility index (Phi) is 3.56. The lowest BCUT2D eigenvalue weighted by molar-refractivity contribution is 0.317. The number of rotatable bonds is 4. The Morgan fingerprint density at radius 3 is 2.37 bits per heavy atom. The number of fused-ring (bicyclic) bond motifs is 1. The van der Waals surface area contributed by atoms with Crippen molar-refractivity contribution in [2.75, 3.05) is 0 Å². The Balaban J connectivity index is 1.63. The third-order valence-corrected chi connectivity index (χ3v) is 5.27. The van der Waals surface area contributed by atoms with E-state index in [4.69, 9.17) is 0 Å². The number of nitrogens with one attached hydrogen (secondary N) is 1. The van der Waals surface area contributed by atoms with Gasteiger partial charge in [0.2, 0.25) is 0 Å². The molecule has 1 fully saturated rings. The molecule has 0 atom stereocenters. The first-order valence-electron chi connectivity index (χ1n) is 8.83. The summed E-state index contributed by atoms with van der Waals surface area (Å²) < 4.78 is 0. The van der Waals surface area contributed by atoms with Crippen molar-refractivity contribution in [1.82, 2.24) is 30.1 Å². The fourth-order valence-electron chi connectivity index (χ4n) is 3.73. The summed E-state index contributed by atoms with van der Waals surface area (Å²) in [6, 6.07) is 3.80. The van der Waals surface area contributed by atoms with Gasteiger partial charge in [0.15, 0.2) is 0 Å². The van der Waals surface area contributed by atoms with Gasteiger partial charge in [-0.25, -0.2) is 19.9 Å². The minimum absolute atomic E-state index is 0.297. The number of hydrogen-bond donors (Lipinski definition) is 2. The first-order valence-corrected chi connectivity index (χ1v) is 8.83. The van der Waals surface area contributed by atoms with Gasteiger partial charge >= 0.3 is 0 Å². The molecule has 0 spiro atoms. The fraction of sp³-hybridized carbons (Fsp3) is 0.263. The molecule has 3 aromatic heterocycles. The van der Waals surface area contributed by atoms with E-state index in [-0.39, 0.29) is 0 Å². The molecule has 3 aromatic rings. The lowest BCUT2D eigenvalue weighted by Gasteiger charge is -2.31. The van der Waals surface area contributed by atoms with E-state index in [2.05, 4.69) is 41.4 Å². The first kappa shape index (κ1) is 15.8. The van der Waals surface area contributed by atoms with Crippen LogP contribution in [0.15, 0.2) is 48.4 Å². The third kappa shape index (κ3) is 2.52. The maximum Gasteiger partial charge on any atom is 0.117 e. The van der Waals surface area contributed by atoms with Crippen LogP contribution in [0.4, 0.5) is 0 Å². The van der Waals surface area contributed by atoms with Crippen LogP contribution in [0.25, 0.3) is 6.08 Å². The van der Waals surface area contributed by atoms with E-state index in [1.54, 1.807) is 25.0 Å². The van der Waals surface area contributed by atoms with Gasteiger partial charge in [0.1, 0.15) is 24.1 Å². The summed E-state index contributed by atoms with van der Waals surface area (Å²) in [6.07, 6.45) is 13.4. The van der Waals surface area contributed by atoms with Gasteiger partial charge in [-0.05, 0) is 25.0 Å². The number of allylic oxidation sites excluding steroid dienone is 1. The largest absolute Gasteiger partial charge is 0.411 e. The maximum atomic E-state index is 9.44. The van der Waals surface area contributed by atoms with Crippen molar-refractivity contribution in [3.63, 3.8) is 0 Å². The summed E-state index contributed by atoms with van der Waals surface area (Å²) in [5, 5.41) is 20.5. The van der Waals surface area contributed by atoms with Crippen LogP contribution < -0.4 is 0 Å². The average Bonchev–Trinajstić information content (AvgIpc) is 3.49. The van der Waals surface area contributed by atoms with Crippen molar-refractivity contribution >= 4 is 11.8 Å². The first-order chi connectivity index (χ1) is 13.3. The molecule has 0 amide bonds. The molecule has 3 heterocycles. The fourth-order valence-corrected chi connectivity index (χ4v) is 3.73. The van der Waals surface area contributed by atoms with Crippen molar-refractivity contribution in [1.29, 1.82) is 0 Å². The minimum Gasteiger partial charge on any atom is -0.411 e. The van der Waals surface area contributed by atoms with Crippen LogP contribution in [0, 0.1) is 5.92 Å². The van der Waals surface area contributed by atoms with E-state index in [1.165, 1.54) is 0 Å². The molecule has 8 nitrogen and oxygen atoms in total. The van der Waals surface area contributed by atoms with Gasteiger partial charge in [0.25, 0.3) is 0 Å². The Hall–Kier alpha value is -3.42. The number of aromatic amines is 1. The molecular formula is C19H17N7O. The lowest BCUT2D eigenvalue weighted by atomic mass is 9.72. The second-order valence-corrected chi connectivity index (χ2v) is 6.89. The molecule has 0 unspecified atom stereocenters. The number of H-pyrrole nitrogens is 1. The van der Waals surface area contributed by atoms with Gasteiger partial charge in [0, 0.05) is 36.0 Å². The van der Waals surface area contributed by atoms with Gasteiger partial charge in [0.05, 0.1) is 16.8 Å². The summed E-state index contributed by atoms with van der Waals surface area (Å²) in [5.74, 6) is 0.297. The summed E-state index contributed by atoms with van der Waals surface area (Å²) in [4.78, 5) is 17.1. The Labute approximate surface area is 155 Å². The smallest absolute Gasteiger partial charge is 0.117 e. The highest BCUT2D eigenvalue weighted by atomic mass is 16.4. The Morgan fingerprint density at radius 1 is 1.11 bits per heavy atom. The highest BCUT2D eigenvalue weighted by molar-refractivity contribution is 6.04. The van der Waals surface area contributed by atoms with Crippen molar-refractivity contribution in [2.45, 2.75) is 24.7 Å². The zero-order valence-electron chi connectivity index (χ0n) is 14.4. The van der Waals surface area contributed by atoms with E-state index in [0.29, 0.717) is 18.1 Å². The van der Waals surface area contributed by atoms with E-state index < -0.39 is 5.41 Å². The molecule has 0 aliphatic heterocycles. The van der Waals surface area contributed by atoms with Crippen LogP contribution in [0.5, 0.6) is 0 Å². The molecule has 0 bridgehead atoms. The van der Waals surface area contributed by atoms with Gasteiger partial charge in [-0.2, -0.15) is 5.10 Å². The molecular weight excluding hydrogens is 342 g/mol. The SMILES string of the molecule is ON=C(c1n[nH]c2c1C=CC(c1ccncn1)(c1ccncn1)C2)C1CC1. The van der Waals surface area contributed by atoms with Crippen LogP contribution >= 0.6 is 0 Å². The predicted octanol–water partition coefficient (Wildman–Crippen LogP) is 2.13. The molecule has 5 rings (SSSR count). The van der Waals surface area contributed by atoms with Crippen LogP contribution in [-0.4, -0.2) is 41.1 Å². The zero-order chi connectivity index (χ0) is 18.3. The molecule has 2 N–H and O–H groups in total. The highest BCUT2D eigenvalue weighted by Crippen LogP contribution is 2.41. The molecule has 0 saturated heterocycles. The van der Waals surface area contributed by atoms with Gasteiger partial charge in [-0.15, -0.1) is 0 Å². The van der Waals surface area contributed by atoms with Crippen molar-refractivity contribution in [2.24, 2.45) is 11.1 Å². The van der Waals surface area contributed by atoms with Crippen LogP contribution in [0.3, 0.4) is 0 Å². The highest BCUT2D eigenvalue weighted by Gasteiger charge is 2.40. The summed E-state index contributed by atoms with van der Waals surface area (Å²) in [7, 11) is 0. The molecule has 2 aliphatic carbocycles. The van der Waals surface area contributed by atoms with Gasteiger partial charge < -0.3 is 5.21 Å². The van der Waals surface area contributed by atoms with E-state index in [1.807, 2.05) is 18.2 Å². The Morgan fingerprint density at radius 2 is 1.81 bits per heavy atom. The van der Waals surface area contributed by atoms with Gasteiger partial charge in [-0.3, -0.25) is 5.10 Å². The molecule has 0 radical (unpaired) electrons. The zero-order valence-corrected chi connectivity index (χ0v) is 14.4. The standard InChI is InChI=1S/C19H17N7O/c27-26-17(12-1-2-12)18-13-3-6-19(9-14(13)24-25-18,15-4-7-20-10-22-15)16-5-8-21-11-23-16/h3-8,10-12,27H,1-2,9H2,(H,24,25). The monoisotopic (exact) mass is 359 g/mol. The summed E-state index contributed by atoms with van der Waals surface area (Å²) in [5.41, 5.74) is 4.48. The molecule has 0 aromatic carbocycles. The number of oxime groups is 1.